The fraction of sp³-hybridized carbons (Fsp3) is 0.462. The third-order valence-electron chi connectivity index (χ3n) is 2.86. The van der Waals surface area contributed by atoms with Crippen molar-refractivity contribution < 1.29 is 22.3 Å². The Morgan fingerprint density at radius 1 is 1.30 bits per heavy atom. The number of halogens is 4. The van der Waals surface area contributed by atoms with Crippen molar-refractivity contribution in [1.82, 2.24) is 20.2 Å². The number of nitrogens with zero attached hydrogens (tertiary/aromatic N) is 4. The lowest BCUT2D eigenvalue weighted by molar-refractivity contribution is -0.173. The molecule has 1 aromatic heterocycles. The quantitative estimate of drug-likeness (QED) is 0.623. The molecule has 1 heterocycles. The number of ether oxygens (including phenoxy) is 1. The van der Waals surface area contributed by atoms with Crippen LogP contribution in [0.5, 0.6) is 0 Å². The van der Waals surface area contributed by atoms with E-state index in [-0.39, 0.29) is 12.3 Å². The molecule has 0 saturated heterocycles. The van der Waals surface area contributed by atoms with Crippen molar-refractivity contribution in [3.05, 3.63) is 29.8 Å². The van der Waals surface area contributed by atoms with Crippen molar-refractivity contribution in [3.8, 4) is 5.69 Å². The van der Waals surface area contributed by atoms with Gasteiger partial charge >= 0.3 is 6.18 Å². The van der Waals surface area contributed by atoms with Gasteiger partial charge in [-0.1, -0.05) is 0 Å². The number of hydrogen-bond acceptors (Lipinski definition) is 5. The Kier molecular flexibility index (Phi) is 5.48. The average molecular weight is 333 g/mol. The molecule has 2 rings (SSSR count). The van der Waals surface area contributed by atoms with Crippen LogP contribution in [-0.2, 0) is 4.74 Å². The molecule has 2 aromatic rings. The molecule has 0 radical (unpaired) electrons. The van der Waals surface area contributed by atoms with E-state index >= 15 is 0 Å². The Hall–Kier alpha value is -2.23. The van der Waals surface area contributed by atoms with Crippen molar-refractivity contribution in [2.75, 3.05) is 25.1 Å². The summed E-state index contributed by atoms with van der Waals surface area (Å²) in [6.07, 6.45) is -3.93. The van der Waals surface area contributed by atoms with E-state index in [1.165, 1.54) is 22.9 Å². The highest BCUT2D eigenvalue weighted by molar-refractivity contribution is 5.51. The molecular formula is C13H15F4N5O. The van der Waals surface area contributed by atoms with Crippen LogP contribution in [0.15, 0.2) is 18.2 Å². The molecule has 0 spiro atoms. The van der Waals surface area contributed by atoms with Crippen molar-refractivity contribution >= 4 is 5.69 Å². The topological polar surface area (TPSA) is 64.9 Å². The van der Waals surface area contributed by atoms with E-state index in [4.69, 9.17) is 0 Å². The van der Waals surface area contributed by atoms with E-state index < -0.39 is 18.6 Å². The highest BCUT2D eigenvalue weighted by atomic mass is 19.4. The third-order valence-corrected chi connectivity index (χ3v) is 2.86. The molecule has 0 fully saturated rings. The molecule has 10 heteroatoms. The molecule has 6 nitrogen and oxygen atoms in total. The number of anilines is 1. The smallest absolute Gasteiger partial charge is 0.385 e. The van der Waals surface area contributed by atoms with E-state index in [1.807, 2.05) is 0 Å². The predicted molar refractivity (Wildman–Crippen MR) is 73.8 cm³/mol. The molecule has 0 saturated carbocycles. The second-order valence-corrected chi connectivity index (χ2v) is 4.75. The average Bonchev–Trinajstić information content (AvgIpc) is 2.89. The molecule has 0 aliphatic carbocycles. The van der Waals surface area contributed by atoms with E-state index in [2.05, 4.69) is 25.6 Å². The Morgan fingerprint density at radius 3 is 2.74 bits per heavy atom. The number of benzene rings is 1. The van der Waals surface area contributed by atoms with Crippen LogP contribution >= 0.6 is 0 Å². The molecule has 1 N–H and O–H groups in total. The van der Waals surface area contributed by atoms with E-state index in [0.29, 0.717) is 24.5 Å². The fourth-order valence-corrected chi connectivity index (χ4v) is 1.83. The number of tetrazole rings is 1. The summed E-state index contributed by atoms with van der Waals surface area (Å²) < 4.78 is 55.3. The zero-order valence-electron chi connectivity index (χ0n) is 12.3. The summed E-state index contributed by atoms with van der Waals surface area (Å²) in [5, 5.41) is 13.8. The molecule has 0 amide bonds. The minimum absolute atomic E-state index is 0.0212. The second kappa shape index (κ2) is 7.36. The highest BCUT2D eigenvalue weighted by Crippen LogP contribution is 2.19. The van der Waals surface area contributed by atoms with Crippen LogP contribution in [-0.4, -0.2) is 46.1 Å². The number of aryl methyl sites for hydroxylation is 1. The van der Waals surface area contributed by atoms with Crippen LogP contribution in [0.1, 0.15) is 12.2 Å². The Balaban J connectivity index is 1.86. The van der Waals surface area contributed by atoms with Gasteiger partial charge in [0.15, 0.2) is 5.82 Å². The van der Waals surface area contributed by atoms with E-state index in [0.717, 1.165) is 0 Å². The van der Waals surface area contributed by atoms with Crippen molar-refractivity contribution in [2.45, 2.75) is 19.5 Å². The van der Waals surface area contributed by atoms with Crippen LogP contribution in [0.2, 0.25) is 0 Å². The summed E-state index contributed by atoms with van der Waals surface area (Å²) in [6, 6.07) is 4.31. The van der Waals surface area contributed by atoms with E-state index in [1.54, 1.807) is 6.92 Å². The zero-order valence-corrected chi connectivity index (χ0v) is 12.3. The number of rotatable bonds is 7. The van der Waals surface area contributed by atoms with Crippen molar-refractivity contribution in [2.24, 2.45) is 0 Å². The molecule has 23 heavy (non-hydrogen) atoms. The van der Waals surface area contributed by atoms with Crippen LogP contribution in [0.3, 0.4) is 0 Å². The maximum Gasteiger partial charge on any atom is 0.411 e. The standard InChI is InChI=1S/C13H15F4N5O/c1-9-19-20-21-22(9)12-7-10(3-4-11(12)14)18-5-2-6-23-8-13(15,16)17/h3-4,7,18H,2,5-6,8H2,1H3. The van der Waals surface area contributed by atoms with Gasteiger partial charge in [0.1, 0.15) is 18.1 Å². The maximum absolute atomic E-state index is 13.8. The molecular weight excluding hydrogens is 318 g/mol. The minimum Gasteiger partial charge on any atom is -0.385 e. The van der Waals surface area contributed by atoms with Crippen LogP contribution in [0.4, 0.5) is 23.2 Å². The lowest BCUT2D eigenvalue weighted by Crippen LogP contribution is -2.18. The monoisotopic (exact) mass is 333 g/mol. The maximum atomic E-state index is 13.8. The SMILES string of the molecule is Cc1nnnn1-c1cc(NCCCOCC(F)(F)F)ccc1F. The summed E-state index contributed by atoms with van der Waals surface area (Å²) in [6.45, 7) is 0.744. The molecule has 0 aliphatic heterocycles. The number of alkyl halides is 3. The second-order valence-electron chi connectivity index (χ2n) is 4.75. The molecule has 0 atom stereocenters. The first-order valence-corrected chi connectivity index (χ1v) is 6.80. The Bertz CT molecular complexity index is 644. The van der Waals surface area contributed by atoms with E-state index in [9.17, 15) is 17.6 Å². The number of aromatic nitrogens is 4. The van der Waals surface area contributed by atoms with Gasteiger partial charge in [-0.25, -0.2) is 4.39 Å². The van der Waals surface area contributed by atoms with Gasteiger partial charge in [0.05, 0.1) is 0 Å². The minimum atomic E-state index is -4.32. The van der Waals surface area contributed by atoms with Crippen LogP contribution < -0.4 is 5.32 Å². The summed E-state index contributed by atoms with van der Waals surface area (Å²) in [7, 11) is 0. The first-order valence-electron chi connectivity index (χ1n) is 6.80. The molecule has 0 aliphatic rings. The first-order chi connectivity index (χ1) is 10.9. The van der Waals surface area contributed by atoms with Gasteiger partial charge in [-0.2, -0.15) is 17.9 Å². The van der Waals surface area contributed by atoms with Crippen LogP contribution in [0, 0.1) is 12.7 Å². The lowest BCUT2D eigenvalue weighted by Gasteiger charge is -2.10. The number of hydrogen-bond donors (Lipinski definition) is 1. The van der Waals surface area contributed by atoms with Gasteiger partial charge in [-0.15, -0.1) is 5.10 Å². The lowest BCUT2D eigenvalue weighted by atomic mass is 10.2. The van der Waals surface area contributed by atoms with Gasteiger partial charge in [0.2, 0.25) is 0 Å². The Morgan fingerprint density at radius 2 is 2.09 bits per heavy atom. The van der Waals surface area contributed by atoms with Crippen LogP contribution in [0.25, 0.3) is 5.69 Å². The van der Waals surface area contributed by atoms with Crippen molar-refractivity contribution in [1.29, 1.82) is 0 Å². The van der Waals surface area contributed by atoms with Crippen molar-refractivity contribution in [3.63, 3.8) is 0 Å². The van der Waals surface area contributed by atoms with Gasteiger partial charge in [0.25, 0.3) is 0 Å². The highest BCUT2D eigenvalue weighted by Gasteiger charge is 2.27. The summed E-state index contributed by atoms with van der Waals surface area (Å²) in [5.41, 5.74) is 0.790. The first kappa shape index (κ1) is 17.1. The Labute approximate surface area is 129 Å². The van der Waals surface area contributed by atoms with Gasteiger partial charge in [0, 0.05) is 18.8 Å². The summed E-state index contributed by atoms with van der Waals surface area (Å²) >= 11 is 0. The summed E-state index contributed by atoms with van der Waals surface area (Å²) in [5.74, 6) is -0.0546. The zero-order chi connectivity index (χ0) is 16.9. The molecule has 0 bridgehead atoms. The fourth-order valence-electron chi connectivity index (χ4n) is 1.83. The molecule has 1 aromatic carbocycles. The van der Waals surface area contributed by atoms with Gasteiger partial charge in [-0.3, -0.25) is 0 Å². The van der Waals surface area contributed by atoms with Gasteiger partial charge in [-0.05, 0) is 42.0 Å². The third kappa shape index (κ3) is 5.16. The van der Waals surface area contributed by atoms with Gasteiger partial charge < -0.3 is 10.1 Å². The summed E-state index contributed by atoms with van der Waals surface area (Å²) in [4.78, 5) is 0. The molecule has 126 valence electrons. The number of nitrogens with one attached hydrogen (secondary N) is 1. The molecule has 0 unspecified atom stereocenters. The predicted octanol–water partition coefficient (Wildman–Crippen LogP) is 2.49. The normalized spacial score (nSPS) is 11.7. The largest absolute Gasteiger partial charge is 0.411 e.